The lowest BCUT2D eigenvalue weighted by Crippen LogP contribution is -2.32. The highest BCUT2D eigenvalue weighted by atomic mass is 16.5. The molecule has 0 radical (unpaired) electrons. The summed E-state index contributed by atoms with van der Waals surface area (Å²) in [5, 5.41) is 20.4. The summed E-state index contributed by atoms with van der Waals surface area (Å²) in [5.74, 6) is -6.26. The maximum absolute atomic E-state index is 13.0. The maximum atomic E-state index is 13.0. The molecule has 0 saturated carbocycles. The highest BCUT2D eigenvalue weighted by molar-refractivity contribution is 6.11. The first kappa shape index (κ1) is 39.5. The van der Waals surface area contributed by atoms with Gasteiger partial charge in [-0.25, -0.2) is 19.2 Å². The van der Waals surface area contributed by atoms with Gasteiger partial charge in [-0.2, -0.15) is 20.5 Å². The van der Waals surface area contributed by atoms with Crippen molar-refractivity contribution in [2.45, 2.75) is 25.9 Å². The predicted octanol–water partition coefficient (Wildman–Crippen LogP) is 4.19. The van der Waals surface area contributed by atoms with Crippen LogP contribution in [0, 0.1) is 0 Å². The number of nitrogens with zero attached hydrogens (tertiary/aromatic N) is 4. The Hall–Kier alpha value is -6.98. The molecule has 0 aromatic heterocycles. The Morgan fingerprint density at radius 1 is 0.500 bits per heavy atom. The number of amides is 2. The molecule has 270 valence electrons. The lowest BCUT2D eigenvalue weighted by Gasteiger charge is -2.12. The molecule has 2 atom stereocenters. The number of esters is 4. The Balaban J connectivity index is 1.75. The third-order valence-electron chi connectivity index (χ3n) is 6.89. The standard InChI is InChI=1S/C34H32N6O12/c1-17(41)27(39-37-25-13-7-19(31(45)49-3)15-23(25)33(47)51-5)29(43)35-21-9-11-22(12-10-21)36-30(44)28(18(2)42)40-38-26-14-8-20(32(46)50-4)16-24(26)34(48)52-6/h7-16,27-28H,1-6H3,(H,35,43)(H,36,44)/b39-37+,40-38+. The molecule has 0 spiro atoms. The highest BCUT2D eigenvalue weighted by Crippen LogP contribution is 2.25. The molecule has 18 nitrogen and oxygen atoms in total. The molecule has 52 heavy (non-hydrogen) atoms. The number of benzene rings is 3. The number of Topliss-reactive ketones (excluding diaryl/α,β-unsaturated/α-hetero) is 2. The molecular formula is C34H32N6O12. The first-order valence-corrected chi connectivity index (χ1v) is 14.9. The fourth-order valence-electron chi connectivity index (χ4n) is 4.22. The van der Waals surface area contributed by atoms with Gasteiger partial charge in [0.15, 0.2) is 11.6 Å². The molecule has 3 rings (SSSR count). The maximum Gasteiger partial charge on any atom is 0.340 e. The van der Waals surface area contributed by atoms with Crippen LogP contribution in [0.25, 0.3) is 0 Å². The monoisotopic (exact) mass is 716 g/mol. The van der Waals surface area contributed by atoms with Crippen molar-refractivity contribution in [2.24, 2.45) is 20.5 Å². The van der Waals surface area contributed by atoms with Gasteiger partial charge in [-0.1, -0.05) is 0 Å². The van der Waals surface area contributed by atoms with Crippen LogP contribution in [0.5, 0.6) is 0 Å². The normalized spacial score (nSPS) is 12.0. The van der Waals surface area contributed by atoms with E-state index < -0.39 is 59.3 Å². The van der Waals surface area contributed by atoms with Crippen molar-refractivity contribution >= 4 is 70.0 Å². The number of rotatable bonds is 14. The quantitative estimate of drug-likeness (QED) is 0.103. The molecule has 0 aliphatic carbocycles. The van der Waals surface area contributed by atoms with E-state index in [9.17, 15) is 38.4 Å². The minimum Gasteiger partial charge on any atom is -0.465 e. The Morgan fingerprint density at radius 2 is 0.827 bits per heavy atom. The number of anilines is 2. The summed E-state index contributed by atoms with van der Waals surface area (Å²) in [4.78, 5) is 98.9. The second kappa shape index (κ2) is 18.1. The number of ketones is 2. The number of ether oxygens (including phenoxy) is 4. The van der Waals surface area contributed by atoms with E-state index in [4.69, 9.17) is 9.47 Å². The zero-order valence-corrected chi connectivity index (χ0v) is 28.6. The van der Waals surface area contributed by atoms with Crippen molar-refractivity contribution in [1.82, 2.24) is 0 Å². The fraction of sp³-hybridized carbons (Fsp3) is 0.235. The van der Waals surface area contributed by atoms with Crippen molar-refractivity contribution in [3.63, 3.8) is 0 Å². The Labute approximate surface area is 295 Å². The average molecular weight is 717 g/mol. The number of hydrogen-bond acceptors (Lipinski definition) is 16. The van der Waals surface area contributed by atoms with Crippen LogP contribution in [0.4, 0.5) is 22.7 Å². The summed E-state index contributed by atoms with van der Waals surface area (Å²) in [5.41, 5.74) is -0.0500. The number of carbonyl (C=O) groups excluding carboxylic acids is 8. The molecule has 3 aromatic rings. The van der Waals surface area contributed by atoms with Crippen molar-refractivity contribution in [1.29, 1.82) is 0 Å². The SMILES string of the molecule is COC(=O)c1ccc(/N=N/C(C(C)=O)C(=O)Nc2ccc(NC(=O)C(/N=N/c3ccc(C(=O)OC)cc3C(=O)OC)C(C)=O)cc2)c(C(=O)OC)c1. The van der Waals surface area contributed by atoms with Gasteiger partial charge in [-0.05, 0) is 74.5 Å². The zero-order valence-electron chi connectivity index (χ0n) is 28.6. The van der Waals surface area contributed by atoms with Crippen molar-refractivity contribution < 1.29 is 57.3 Å². The second-order valence-corrected chi connectivity index (χ2v) is 10.4. The molecule has 0 aliphatic heterocycles. The molecule has 2 unspecified atom stereocenters. The van der Waals surface area contributed by atoms with Crippen LogP contribution < -0.4 is 10.6 Å². The number of methoxy groups -OCH3 is 4. The van der Waals surface area contributed by atoms with Gasteiger partial charge in [0.2, 0.25) is 12.1 Å². The summed E-state index contributed by atoms with van der Waals surface area (Å²) >= 11 is 0. The number of azo groups is 2. The van der Waals surface area contributed by atoms with E-state index in [1.165, 1.54) is 60.7 Å². The number of carbonyl (C=O) groups is 8. The van der Waals surface area contributed by atoms with Crippen LogP contribution in [0.15, 0.2) is 81.1 Å². The number of hydrogen-bond donors (Lipinski definition) is 2. The van der Waals surface area contributed by atoms with E-state index in [1.54, 1.807) is 0 Å². The summed E-state index contributed by atoms with van der Waals surface area (Å²) < 4.78 is 18.7. The summed E-state index contributed by atoms with van der Waals surface area (Å²) in [6.45, 7) is 2.22. The van der Waals surface area contributed by atoms with E-state index in [0.29, 0.717) is 0 Å². The molecule has 2 amide bonds. The Bertz CT molecular complexity index is 1830. The van der Waals surface area contributed by atoms with Crippen LogP contribution in [0.1, 0.15) is 55.3 Å². The van der Waals surface area contributed by atoms with E-state index in [2.05, 4.69) is 40.6 Å². The van der Waals surface area contributed by atoms with Crippen LogP contribution in [0.3, 0.4) is 0 Å². The first-order valence-electron chi connectivity index (χ1n) is 14.9. The van der Waals surface area contributed by atoms with E-state index >= 15 is 0 Å². The van der Waals surface area contributed by atoms with Crippen molar-refractivity contribution in [2.75, 3.05) is 39.1 Å². The Kier molecular flexibility index (Phi) is 13.8. The minimum atomic E-state index is -1.64. The van der Waals surface area contributed by atoms with E-state index in [-0.39, 0.29) is 45.0 Å². The van der Waals surface area contributed by atoms with Gasteiger partial charge in [0, 0.05) is 11.4 Å². The zero-order chi connectivity index (χ0) is 38.5. The lowest BCUT2D eigenvalue weighted by molar-refractivity contribution is -0.127. The third kappa shape index (κ3) is 10.0. The first-order chi connectivity index (χ1) is 24.7. The smallest absolute Gasteiger partial charge is 0.340 e. The molecule has 0 bridgehead atoms. The molecule has 2 N–H and O–H groups in total. The van der Waals surface area contributed by atoms with Gasteiger partial charge in [0.05, 0.1) is 62.1 Å². The molecular weight excluding hydrogens is 684 g/mol. The van der Waals surface area contributed by atoms with Gasteiger partial charge in [-0.3, -0.25) is 19.2 Å². The van der Waals surface area contributed by atoms with Gasteiger partial charge in [0.25, 0.3) is 11.8 Å². The van der Waals surface area contributed by atoms with Crippen LogP contribution in [-0.4, -0.2) is 87.8 Å². The van der Waals surface area contributed by atoms with Crippen molar-refractivity contribution in [3.05, 3.63) is 82.9 Å². The molecule has 18 heteroatoms. The molecule has 0 saturated heterocycles. The minimum absolute atomic E-state index is 0.0294. The third-order valence-corrected chi connectivity index (χ3v) is 6.89. The molecule has 0 aliphatic rings. The van der Waals surface area contributed by atoms with Crippen LogP contribution in [-0.2, 0) is 38.1 Å². The van der Waals surface area contributed by atoms with Crippen LogP contribution >= 0.6 is 0 Å². The average Bonchev–Trinajstić information content (AvgIpc) is 3.14. The summed E-state index contributed by atoms with van der Waals surface area (Å²) in [7, 11) is 4.55. The van der Waals surface area contributed by atoms with Gasteiger partial charge >= 0.3 is 23.9 Å². The van der Waals surface area contributed by atoms with Gasteiger partial charge < -0.3 is 29.6 Å². The van der Waals surface area contributed by atoms with Gasteiger partial charge in [-0.15, -0.1) is 0 Å². The second-order valence-electron chi connectivity index (χ2n) is 10.4. The molecule has 3 aromatic carbocycles. The van der Waals surface area contributed by atoms with Crippen molar-refractivity contribution in [3.8, 4) is 0 Å². The highest BCUT2D eigenvalue weighted by Gasteiger charge is 2.26. The summed E-state index contributed by atoms with van der Waals surface area (Å²) in [6, 6.07) is 9.78. The van der Waals surface area contributed by atoms with Crippen LogP contribution in [0.2, 0.25) is 0 Å². The summed E-state index contributed by atoms with van der Waals surface area (Å²) in [6.07, 6.45) is 0. The van der Waals surface area contributed by atoms with E-state index in [0.717, 1.165) is 42.3 Å². The Morgan fingerprint density at radius 3 is 1.12 bits per heavy atom. The topological polar surface area (TPSA) is 247 Å². The molecule has 0 fully saturated rings. The van der Waals surface area contributed by atoms with Gasteiger partial charge in [0.1, 0.15) is 0 Å². The number of nitrogens with one attached hydrogen (secondary N) is 2. The fourth-order valence-corrected chi connectivity index (χ4v) is 4.22. The van der Waals surface area contributed by atoms with E-state index in [1.807, 2.05) is 0 Å². The predicted molar refractivity (Wildman–Crippen MR) is 180 cm³/mol. The largest absolute Gasteiger partial charge is 0.465 e. The molecule has 0 heterocycles. The lowest BCUT2D eigenvalue weighted by atomic mass is 10.1.